The Labute approximate surface area is 127 Å². The molecular formula is C17H15NO4. The Hall–Kier alpha value is -2.69. The van der Waals surface area contributed by atoms with Gasteiger partial charge in [-0.3, -0.25) is 14.5 Å². The molecule has 0 bridgehead atoms. The number of hydrogen-bond acceptors (Lipinski definition) is 3. The van der Waals surface area contributed by atoms with Gasteiger partial charge in [-0.15, -0.1) is 0 Å². The molecule has 2 amide bonds. The van der Waals surface area contributed by atoms with Gasteiger partial charge in [0.05, 0.1) is 0 Å². The van der Waals surface area contributed by atoms with Crippen molar-refractivity contribution in [1.29, 1.82) is 0 Å². The van der Waals surface area contributed by atoms with E-state index < -0.39 is 23.8 Å². The summed E-state index contributed by atoms with van der Waals surface area (Å²) in [7, 11) is 0. The summed E-state index contributed by atoms with van der Waals surface area (Å²) in [5.41, 5.74) is 0.749. The number of nitrogens with zero attached hydrogens (tertiary/aromatic N) is 1. The molecule has 0 saturated carbocycles. The molecule has 1 aliphatic heterocycles. The Morgan fingerprint density at radius 3 is 1.91 bits per heavy atom. The number of imide groups is 1. The van der Waals surface area contributed by atoms with Gasteiger partial charge in [-0.1, -0.05) is 38.1 Å². The third-order valence-corrected chi connectivity index (χ3v) is 3.97. The minimum atomic E-state index is -1.18. The maximum absolute atomic E-state index is 12.7. The molecule has 22 heavy (non-hydrogen) atoms. The molecule has 2 aromatic carbocycles. The number of rotatable bonds is 3. The SMILES string of the molecule is CC(C)[C@H](C(=O)O)N1C(=O)c2cccc3cccc(c23)C1=O. The Morgan fingerprint density at radius 1 is 1.00 bits per heavy atom. The van der Waals surface area contributed by atoms with Crippen molar-refractivity contribution in [3.63, 3.8) is 0 Å². The van der Waals surface area contributed by atoms with E-state index in [1.54, 1.807) is 38.1 Å². The van der Waals surface area contributed by atoms with E-state index in [0.29, 0.717) is 16.5 Å². The zero-order valence-electron chi connectivity index (χ0n) is 12.2. The molecule has 0 unspecified atom stereocenters. The van der Waals surface area contributed by atoms with Gasteiger partial charge in [0, 0.05) is 16.5 Å². The van der Waals surface area contributed by atoms with Crippen molar-refractivity contribution in [2.45, 2.75) is 19.9 Å². The summed E-state index contributed by atoms with van der Waals surface area (Å²) >= 11 is 0. The van der Waals surface area contributed by atoms with E-state index in [9.17, 15) is 19.5 Å². The Kier molecular flexibility index (Phi) is 3.20. The van der Waals surface area contributed by atoms with Gasteiger partial charge < -0.3 is 5.11 Å². The van der Waals surface area contributed by atoms with Crippen molar-refractivity contribution < 1.29 is 19.5 Å². The third kappa shape index (κ3) is 1.89. The van der Waals surface area contributed by atoms with Gasteiger partial charge >= 0.3 is 5.97 Å². The predicted molar refractivity (Wildman–Crippen MR) is 80.7 cm³/mol. The first-order chi connectivity index (χ1) is 10.4. The molecule has 0 spiro atoms. The van der Waals surface area contributed by atoms with E-state index in [1.807, 2.05) is 12.1 Å². The molecule has 0 radical (unpaired) electrons. The average Bonchev–Trinajstić information content (AvgIpc) is 2.48. The van der Waals surface area contributed by atoms with E-state index in [4.69, 9.17) is 0 Å². The molecule has 0 saturated heterocycles. The van der Waals surface area contributed by atoms with Crippen LogP contribution in [0.15, 0.2) is 36.4 Å². The highest BCUT2D eigenvalue weighted by atomic mass is 16.4. The normalized spacial score (nSPS) is 15.5. The van der Waals surface area contributed by atoms with E-state index >= 15 is 0 Å². The van der Waals surface area contributed by atoms with Crippen LogP contribution in [0.5, 0.6) is 0 Å². The van der Waals surface area contributed by atoms with Gasteiger partial charge in [0.15, 0.2) is 0 Å². The summed E-state index contributed by atoms with van der Waals surface area (Å²) in [6, 6.07) is 9.21. The van der Waals surface area contributed by atoms with E-state index in [-0.39, 0.29) is 5.92 Å². The van der Waals surface area contributed by atoms with Gasteiger partial charge in [0.25, 0.3) is 11.8 Å². The second kappa shape index (κ2) is 4.94. The Bertz CT molecular complexity index is 759. The minimum absolute atomic E-state index is 0.375. The molecule has 112 valence electrons. The number of aliphatic carboxylic acids is 1. The van der Waals surface area contributed by atoms with Crippen molar-refractivity contribution in [2.75, 3.05) is 0 Å². The molecule has 1 aliphatic rings. The van der Waals surface area contributed by atoms with Crippen LogP contribution in [0, 0.1) is 5.92 Å². The highest BCUT2D eigenvalue weighted by molar-refractivity contribution is 6.26. The van der Waals surface area contributed by atoms with Crippen molar-refractivity contribution in [3.05, 3.63) is 47.5 Å². The largest absolute Gasteiger partial charge is 0.480 e. The molecule has 0 aromatic heterocycles. The van der Waals surface area contributed by atoms with Crippen molar-refractivity contribution in [3.8, 4) is 0 Å². The summed E-state index contributed by atoms with van der Waals surface area (Å²) in [5.74, 6) is -2.65. The molecule has 0 fully saturated rings. The highest BCUT2D eigenvalue weighted by Crippen LogP contribution is 2.32. The summed E-state index contributed by atoms with van der Waals surface area (Å²) in [6.45, 7) is 3.36. The van der Waals surface area contributed by atoms with Crippen LogP contribution in [0.25, 0.3) is 10.8 Å². The monoisotopic (exact) mass is 297 g/mol. The summed E-state index contributed by atoms with van der Waals surface area (Å²) in [6.07, 6.45) is 0. The molecule has 3 rings (SSSR count). The minimum Gasteiger partial charge on any atom is -0.480 e. The molecular weight excluding hydrogens is 282 g/mol. The van der Waals surface area contributed by atoms with E-state index in [1.165, 1.54) is 0 Å². The van der Waals surface area contributed by atoms with Gasteiger partial charge in [-0.2, -0.15) is 0 Å². The van der Waals surface area contributed by atoms with E-state index in [2.05, 4.69) is 0 Å². The molecule has 5 nitrogen and oxygen atoms in total. The number of benzene rings is 2. The van der Waals surface area contributed by atoms with Crippen LogP contribution in [0.1, 0.15) is 34.6 Å². The van der Waals surface area contributed by atoms with E-state index in [0.717, 1.165) is 10.3 Å². The number of carboxylic acids is 1. The molecule has 1 heterocycles. The molecule has 2 aromatic rings. The third-order valence-electron chi connectivity index (χ3n) is 3.97. The number of hydrogen-bond donors (Lipinski definition) is 1. The van der Waals surface area contributed by atoms with Crippen LogP contribution in [0.2, 0.25) is 0 Å². The van der Waals surface area contributed by atoms with Crippen LogP contribution in [-0.2, 0) is 4.79 Å². The maximum atomic E-state index is 12.7. The summed E-state index contributed by atoms with van der Waals surface area (Å²) in [4.78, 5) is 37.8. The molecule has 1 N–H and O–H groups in total. The van der Waals surface area contributed by atoms with Crippen LogP contribution in [0.4, 0.5) is 0 Å². The van der Waals surface area contributed by atoms with Crippen LogP contribution < -0.4 is 0 Å². The average molecular weight is 297 g/mol. The number of carbonyl (C=O) groups is 3. The lowest BCUT2D eigenvalue weighted by Gasteiger charge is -2.33. The smallest absolute Gasteiger partial charge is 0.327 e. The molecule has 1 atom stereocenters. The molecule has 5 heteroatoms. The van der Waals surface area contributed by atoms with Gasteiger partial charge in [0.1, 0.15) is 6.04 Å². The van der Waals surface area contributed by atoms with Gasteiger partial charge in [-0.05, 0) is 23.4 Å². The first-order valence-electron chi connectivity index (χ1n) is 7.06. The highest BCUT2D eigenvalue weighted by Gasteiger charge is 2.41. The van der Waals surface area contributed by atoms with Crippen molar-refractivity contribution >= 4 is 28.6 Å². The predicted octanol–water partition coefficient (Wildman–Crippen LogP) is 2.55. The Morgan fingerprint density at radius 2 is 1.50 bits per heavy atom. The zero-order chi connectivity index (χ0) is 16.0. The van der Waals surface area contributed by atoms with Crippen LogP contribution >= 0.6 is 0 Å². The molecule has 0 aliphatic carbocycles. The lowest BCUT2D eigenvalue weighted by atomic mass is 9.91. The topological polar surface area (TPSA) is 74.7 Å². The maximum Gasteiger partial charge on any atom is 0.327 e. The standard InChI is InChI=1S/C17H15NO4/c1-9(2)14(17(21)22)18-15(19)11-7-3-5-10-6-4-8-12(13(10)11)16(18)20/h3-9,14H,1-2H3,(H,21,22)/t14-/m1/s1. The lowest BCUT2D eigenvalue weighted by Crippen LogP contribution is -2.52. The zero-order valence-corrected chi connectivity index (χ0v) is 12.2. The summed E-state index contributed by atoms with van der Waals surface area (Å²) < 4.78 is 0. The van der Waals surface area contributed by atoms with Gasteiger partial charge in [-0.25, -0.2) is 4.79 Å². The summed E-state index contributed by atoms with van der Waals surface area (Å²) in [5, 5.41) is 10.8. The number of carbonyl (C=O) groups excluding carboxylic acids is 2. The lowest BCUT2D eigenvalue weighted by molar-refractivity contribution is -0.143. The number of carboxylic acid groups (broad SMARTS) is 1. The second-order valence-electron chi connectivity index (χ2n) is 5.72. The van der Waals surface area contributed by atoms with Crippen molar-refractivity contribution in [1.82, 2.24) is 4.90 Å². The first kappa shape index (κ1) is 14.3. The quantitative estimate of drug-likeness (QED) is 0.883. The van der Waals surface area contributed by atoms with Crippen LogP contribution in [-0.4, -0.2) is 33.8 Å². The fraction of sp³-hybridized carbons (Fsp3) is 0.235. The van der Waals surface area contributed by atoms with Crippen LogP contribution in [0.3, 0.4) is 0 Å². The van der Waals surface area contributed by atoms with Crippen molar-refractivity contribution in [2.24, 2.45) is 5.92 Å². The van der Waals surface area contributed by atoms with Gasteiger partial charge in [0.2, 0.25) is 0 Å². The number of amides is 2. The first-order valence-corrected chi connectivity index (χ1v) is 7.06. The second-order valence-corrected chi connectivity index (χ2v) is 5.72. The fourth-order valence-corrected chi connectivity index (χ4v) is 3.00. The fourth-order valence-electron chi connectivity index (χ4n) is 3.00. The Balaban J connectivity index is 2.26.